The number of piperidine rings is 1. The first-order valence-electron chi connectivity index (χ1n) is 9.42. The number of sulfonamides is 1. The Kier molecular flexibility index (Phi) is 6.85. The first-order valence-corrected chi connectivity index (χ1v) is 10.9. The SMILES string of the molecule is O=C(Nc1ccccc1OCC(F)(F)F)C1CCN(S(=O)(=O)c2ccccc2F)CC1. The maximum atomic E-state index is 13.9. The van der Waals surface area contributed by atoms with Crippen LogP contribution in [-0.4, -0.2) is 44.5 Å². The molecule has 11 heteroatoms. The molecule has 0 aliphatic carbocycles. The van der Waals surface area contributed by atoms with Crippen LogP contribution in [0.25, 0.3) is 0 Å². The van der Waals surface area contributed by atoms with E-state index in [2.05, 4.69) is 5.32 Å². The van der Waals surface area contributed by atoms with Crippen LogP contribution in [0.3, 0.4) is 0 Å². The zero-order valence-electron chi connectivity index (χ0n) is 16.2. The van der Waals surface area contributed by atoms with Gasteiger partial charge in [0.1, 0.15) is 16.5 Å². The van der Waals surface area contributed by atoms with Crippen LogP contribution in [0.1, 0.15) is 12.8 Å². The Hall–Kier alpha value is -2.66. The lowest BCUT2D eigenvalue weighted by Gasteiger charge is -2.30. The zero-order valence-corrected chi connectivity index (χ0v) is 17.0. The molecule has 1 N–H and O–H groups in total. The number of rotatable bonds is 6. The lowest BCUT2D eigenvalue weighted by Crippen LogP contribution is -2.41. The van der Waals surface area contributed by atoms with E-state index in [9.17, 15) is 30.8 Å². The molecule has 168 valence electrons. The van der Waals surface area contributed by atoms with E-state index < -0.39 is 45.3 Å². The van der Waals surface area contributed by atoms with Crippen molar-refractivity contribution in [1.82, 2.24) is 4.31 Å². The Labute approximate surface area is 176 Å². The number of hydrogen-bond acceptors (Lipinski definition) is 4. The summed E-state index contributed by atoms with van der Waals surface area (Å²) in [5.74, 6) is -1.97. The lowest BCUT2D eigenvalue weighted by molar-refractivity contribution is -0.153. The third-order valence-electron chi connectivity index (χ3n) is 4.82. The Morgan fingerprint density at radius 1 is 1.06 bits per heavy atom. The van der Waals surface area contributed by atoms with Gasteiger partial charge in [-0.15, -0.1) is 0 Å². The number of hydrogen-bond donors (Lipinski definition) is 1. The number of alkyl halides is 3. The van der Waals surface area contributed by atoms with Crippen LogP contribution in [0.15, 0.2) is 53.4 Å². The van der Waals surface area contributed by atoms with Gasteiger partial charge in [-0.3, -0.25) is 4.79 Å². The fourth-order valence-electron chi connectivity index (χ4n) is 3.24. The van der Waals surface area contributed by atoms with E-state index in [1.807, 2.05) is 0 Å². The van der Waals surface area contributed by atoms with Gasteiger partial charge in [0.2, 0.25) is 15.9 Å². The molecule has 1 saturated heterocycles. The van der Waals surface area contributed by atoms with Crippen molar-refractivity contribution < 1.29 is 35.5 Å². The summed E-state index contributed by atoms with van der Waals surface area (Å²) in [5.41, 5.74) is 0.0955. The summed E-state index contributed by atoms with van der Waals surface area (Å²) in [7, 11) is -4.03. The largest absolute Gasteiger partial charge is 0.482 e. The third kappa shape index (κ3) is 5.73. The van der Waals surface area contributed by atoms with Crippen LogP contribution in [-0.2, 0) is 14.8 Å². The van der Waals surface area contributed by atoms with Gasteiger partial charge in [0.25, 0.3) is 0 Å². The molecule has 31 heavy (non-hydrogen) atoms. The predicted molar refractivity (Wildman–Crippen MR) is 105 cm³/mol. The molecule has 1 heterocycles. The molecule has 1 fully saturated rings. The summed E-state index contributed by atoms with van der Waals surface area (Å²) in [6, 6.07) is 10.8. The molecule has 0 bridgehead atoms. The number of amides is 1. The summed E-state index contributed by atoms with van der Waals surface area (Å²) in [6.45, 7) is -1.46. The number of nitrogens with zero attached hydrogens (tertiary/aromatic N) is 1. The molecule has 3 rings (SSSR count). The van der Waals surface area contributed by atoms with Gasteiger partial charge in [0, 0.05) is 19.0 Å². The number of carbonyl (C=O) groups excluding carboxylic acids is 1. The second-order valence-electron chi connectivity index (χ2n) is 7.00. The maximum absolute atomic E-state index is 13.9. The van der Waals surface area contributed by atoms with Crippen LogP contribution in [0.5, 0.6) is 5.75 Å². The highest BCUT2D eigenvalue weighted by Crippen LogP contribution is 2.29. The molecule has 0 atom stereocenters. The van der Waals surface area contributed by atoms with Crippen molar-refractivity contribution in [2.45, 2.75) is 23.9 Å². The van der Waals surface area contributed by atoms with Crippen LogP contribution in [0.4, 0.5) is 23.2 Å². The van der Waals surface area contributed by atoms with Gasteiger partial charge in [-0.05, 0) is 37.1 Å². The number of anilines is 1. The first-order chi connectivity index (χ1) is 14.6. The summed E-state index contributed by atoms with van der Waals surface area (Å²) in [6.07, 6.45) is -4.15. The fraction of sp³-hybridized carbons (Fsp3) is 0.350. The Morgan fingerprint density at radius 3 is 2.32 bits per heavy atom. The molecule has 0 unspecified atom stereocenters. The molecule has 0 saturated carbocycles. The molecular formula is C20H20F4N2O4S. The number of nitrogens with one attached hydrogen (secondary N) is 1. The number of benzene rings is 2. The predicted octanol–water partition coefficient (Wildman–Crippen LogP) is 3.81. The highest BCUT2D eigenvalue weighted by atomic mass is 32.2. The third-order valence-corrected chi connectivity index (χ3v) is 6.75. The van der Waals surface area contributed by atoms with Crippen molar-refractivity contribution in [2.24, 2.45) is 5.92 Å². The molecule has 1 aliphatic rings. The molecule has 6 nitrogen and oxygen atoms in total. The van der Waals surface area contributed by atoms with E-state index in [0.29, 0.717) is 0 Å². The number of para-hydroxylation sites is 2. The van der Waals surface area contributed by atoms with Gasteiger partial charge in [-0.2, -0.15) is 17.5 Å². The molecule has 1 amide bonds. The molecule has 0 spiro atoms. The lowest BCUT2D eigenvalue weighted by atomic mass is 9.97. The smallest absolute Gasteiger partial charge is 0.422 e. The minimum Gasteiger partial charge on any atom is -0.482 e. The van der Waals surface area contributed by atoms with E-state index in [1.54, 1.807) is 6.07 Å². The Balaban J connectivity index is 1.62. The Bertz CT molecular complexity index is 1040. The van der Waals surface area contributed by atoms with Crippen molar-refractivity contribution in [3.63, 3.8) is 0 Å². The highest BCUT2D eigenvalue weighted by Gasteiger charge is 2.34. The first kappa shape index (κ1) is 23.0. The van der Waals surface area contributed by atoms with Gasteiger partial charge in [-0.1, -0.05) is 24.3 Å². The molecule has 0 radical (unpaired) electrons. The second-order valence-corrected chi connectivity index (χ2v) is 8.90. The van der Waals surface area contributed by atoms with E-state index in [1.165, 1.54) is 36.4 Å². The summed E-state index contributed by atoms with van der Waals surface area (Å²) in [5, 5.41) is 2.55. The number of halogens is 4. The molecule has 0 aromatic heterocycles. The Morgan fingerprint density at radius 2 is 1.68 bits per heavy atom. The van der Waals surface area contributed by atoms with E-state index in [0.717, 1.165) is 10.4 Å². The van der Waals surface area contributed by atoms with Crippen molar-refractivity contribution in [3.8, 4) is 5.75 Å². The second kappa shape index (κ2) is 9.23. The average molecular weight is 460 g/mol. The standard InChI is InChI=1S/C20H20F4N2O4S/c21-15-5-1-4-8-18(15)31(28,29)26-11-9-14(10-12-26)19(27)25-16-6-2-3-7-17(16)30-13-20(22,23)24/h1-8,14H,9-13H2,(H,25,27). The van der Waals surface area contributed by atoms with Crippen LogP contribution >= 0.6 is 0 Å². The van der Waals surface area contributed by atoms with Gasteiger partial charge < -0.3 is 10.1 Å². The maximum Gasteiger partial charge on any atom is 0.422 e. The average Bonchev–Trinajstić information content (AvgIpc) is 2.73. The molecular weight excluding hydrogens is 440 g/mol. The summed E-state index contributed by atoms with van der Waals surface area (Å²) < 4.78 is 82.3. The van der Waals surface area contributed by atoms with E-state index in [4.69, 9.17) is 4.74 Å². The van der Waals surface area contributed by atoms with Crippen molar-refractivity contribution in [3.05, 3.63) is 54.3 Å². The van der Waals surface area contributed by atoms with Gasteiger partial charge in [0.05, 0.1) is 5.69 Å². The molecule has 1 aliphatic heterocycles. The quantitative estimate of drug-likeness (QED) is 0.666. The number of ether oxygens (including phenoxy) is 1. The van der Waals surface area contributed by atoms with Gasteiger partial charge >= 0.3 is 6.18 Å². The van der Waals surface area contributed by atoms with Crippen LogP contribution in [0.2, 0.25) is 0 Å². The van der Waals surface area contributed by atoms with Crippen LogP contribution < -0.4 is 10.1 Å². The van der Waals surface area contributed by atoms with Crippen molar-refractivity contribution in [1.29, 1.82) is 0 Å². The zero-order chi connectivity index (χ0) is 22.6. The number of carbonyl (C=O) groups is 1. The van der Waals surface area contributed by atoms with Crippen LogP contribution in [0, 0.1) is 11.7 Å². The fourth-order valence-corrected chi connectivity index (χ4v) is 4.78. The van der Waals surface area contributed by atoms with E-state index >= 15 is 0 Å². The summed E-state index contributed by atoms with van der Waals surface area (Å²) >= 11 is 0. The summed E-state index contributed by atoms with van der Waals surface area (Å²) in [4.78, 5) is 12.2. The highest BCUT2D eigenvalue weighted by molar-refractivity contribution is 7.89. The normalized spacial score (nSPS) is 16.1. The van der Waals surface area contributed by atoms with Gasteiger partial charge in [0.15, 0.2) is 6.61 Å². The molecule has 2 aromatic carbocycles. The van der Waals surface area contributed by atoms with Crippen molar-refractivity contribution in [2.75, 3.05) is 25.0 Å². The monoisotopic (exact) mass is 460 g/mol. The van der Waals surface area contributed by atoms with E-state index in [-0.39, 0.29) is 37.4 Å². The van der Waals surface area contributed by atoms with Gasteiger partial charge in [-0.25, -0.2) is 12.8 Å². The topological polar surface area (TPSA) is 75.7 Å². The minimum atomic E-state index is -4.52. The van der Waals surface area contributed by atoms with Crippen molar-refractivity contribution >= 4 is 21.6 Å². The minimum absolute atomic E-state index is 0.0149. The molecule has 2 aromatic rings.